The Bertz CT molecular complexity index is 622. The van der Waals surface area contributed by atoms with E-state index in [0.29, 0.717) is 28.8 Å². The number of carbonyl (C=O) groups is 1. The first-order valence-electron chi connectivity index (χ1n) is 6.67. The number of aryl methyl sites for hydroxylation is 2. The summed E-state index contributed by atoms with van der Waals surface area (Å²) in [5.41, 5.74) is 0.686. The molecule has 0 fully saturated rings. The van der Waals surface area contributed by atoms with Gasteiger partial charge in [-0.05, 0) is 26.0 Å². The van der Waals surface area contributed by atoms with Crippen molar-refractivity contribution < 1.29 is 9.53 Å². The van der Waals surface area contributed by atoms with E-state index in [0.717, 1.165) is 0 Å². The molecule has 2 rings (SSSR count). The molecule has 0 unspecified atom stereocenters. The van der Waals surface area contributed by atoms with E-state index in [-0.39, 0.29) is 18.5 Å². The molecule has 21 heavy (non-hydrogen) atoms. The van der Waals surface area contributed by atoms with Crippen molar-refractivity contribution in [2.75, 3.05) is 0 Å². The Kier molecular flexibility index (Phi) is 4.90. The van der Waals surface area contributed by atoms with Gasteiger partial charge in [0, 0.05) is 19.7 Å². The molecule has 0 saturated heterocycles. The number of hydrogen-bond acceptors (Lipinski definition) is 5. The summed E-state index contributed by atoms with van der Waals surface area (Å²) in [4.78, 5) is 20.1. The van der Waals surface area contributed by atoms with Crippen LogP contribution in [0.3, 0.4) is 0 Å². The number of carbonyl (C=O) groups excluding carboxylic acids is 1. The lowest BCUT2D eigenvalue weighted by Crippen LogP contribution is -2.12. The van der Waals surface area contributed by atoms with E-state index in [9.17, 15) is 4.79 Å². The average Bonchev–Trinajstić information content (AvgIpc) is 2.78. The third-order valence-electron chi connectivity index (χ3n) is 2.68. The van der Waals surface area contributed by atoms with Gasteiger partial charge in [0.25, 0.3) is 0 Å². The van der Waals surface area contributed by atoms with Gasteiger partial charge < -0.3 is 4.74 Å². The van der Waals surface area contributed by atoms with Gasteiger partial charge >= 0.3 is 5.97 Å². The molecular weight excluding hydrogens is 292 g/mol. The van der Waals surface area contributed by atoms with Gasteiger partial charge in [-0.25, -0.2) is 9.67 Å². The fraction of sp³-hybridized carbons (Fsp3) is 0.429. The van der Waals surface area contributed by atoms with Gasteiger partial charge in [0.2, 0.25) is 0 Å². The van der Waals surface area contributed by atoms with Crippen LogP contribution < -0.4 is 0 Å². The summed E-state index contributed by atoms with van der Waals surface area (Å²) in [6.45, 7) is 3.64. The van der Waals surface area contributed by atoms with Crippen LogP contribution in [0.1, 0.15) is 26.1 Å². The van der Waals surface area contributed by atoms with E-state index in [1.165, 1.54) is 0 Å². The van der Waals surface area contributed by atoms with Crippen molar-refractivity contribution in [3.05, 3.63) is 29.2 Å². The normalized spacial score (nSPS) is 10.9. The van der Waals surface area contributed by atoms with Crippen molar-refractivity contribution in [2.24, 2.45) is 7.05 Å². The second-order valence-corrected chi connectivity index (χ2v) is 5.31. The largest absolute Gasteiger partial charge is 0.463 e. The highest BCUT2D eigenvalue weighted by atomic mass is 35.5. The van der Waals surface area contributed by atoms with E-state index < -0.39 is 0 Å². The summed E-state index contributed by atoms with van der Waals surface area (Å²) >= 11 is 5.81. The Morgan fingerprint density at radius 1 is 1.43 bits per heavy atom. The van der Waals surface area contributed by atoms with Crippen LogP contribution in [0, 0.1) is 0 Å². The van der Waals surface area contributed by atoms with Crippen LogP contribution in [0.2, 0.25) is 5.02 Å². The number of aromatic nitrogens is 4. The first-order valence-corrected chi connectivity index (χ1v) is 7.05. The first-order chi connectivity index (χ1) is 9.95. The first kappa shape index (κ1) is 15.4. The van der Waals surface area contributed by atoms with Gasteiger partial charge in [-0.15, -0.1) is 0 Å². The molecule has 2 aromatic heterocycles. The fourth-order valence-corrected chi connectivity index (χ4v) is 1.92. The monoisotopic (exact) mass is 308 g/mol. The zero-order valence-electron chi connectivity index (χ0n) is 12.2. The minimum atomic E-state index is -0.247. The molecule has 0 amide bonds. The summed E-state index contributed by atoms with van der Waals surface area (Å²) in [5.74, 6) is 0.979. The Labute approximate surface area is 128 Å². The van der Waals surface area contributed by atoms with E-state index in [2.05, 4.69) is 15.1 Å². The van der Waals surface area contributed by atoms with Crippen molar-refractivity contribution in [2.45, 2.75) is 32.8 Å². The highest BCUT2D eigenvalue weighted by molar-refractivity contribution is 6.30. The molecule has 0 aliphatic carbocycles. The van der Waals surface area contributed by atoms with E-state index in [1.807, 2.05) is 13.8 Å². The van der Waals surface area contributed by atoms with Crippen LogP contribution in [-0.4, -0.2) is 31.8 Å². The molecule has 2 aromatic rings. The lowest BCUT2D eigenvalue weighted by atomic mass is 10.3. The molecule has 0 atom stereocenters. The van der Waals surface area contributed by atoms with Crippen molar-refractivity contribution in [1.29, 1.82) is 0 Å². The van der Waals surface area contributed by atoms with E-state index in [1.54, 1.807) is 30.1 Å². The molecule has 6 nitrogen and oxygen atoms in total. The quantitative estimate of drug-likeness (QED) is 0.793. The smallest absolute Gasteiger partial charge is 0.306 e. The molecule has 0 N–H and O–H groups in total. The van der Waals surface area contributed by atoms with Crippen LogP contribution in [0.15, 0.2) is 18.3 Å². The van der Waals surface area contributed by atoms with Crippen molar-refractivity contribution >= 4 is 17.6 Å². The second-order valence-electron chi connectivity index (χ2n) is 4.88. The average molecular weight is 309 g/mol. The molecule has 0 aliphatic heterocycles. The van der Waals surface area contributed by atoms with Crippen LogP contribution in [0.25, 0.3) is 11.5 Å². The predicted octanol–water partition coefficient (Wildman–Crippen LogP) is 2.41. The molecule has 112 valence electrons. The van der Waals surface area contributed by atoms with Crippen molar-refractivity contribution in [3.63, 3.8) is 0 Å². The SMILES string of the molecule is CC(C)OC(=O)CCc1nc(-c2ccc(Cl)cn2)n(C)n1. The molecular formula is C14H17ClN4O2. The number of nitrogens with zero attached hydrogens (tertiary/aromatic N) is 4. The number of rotatable bonds is 5. The second kappa shape index (κ2) is 6.67. The maximum Gasteiger partial charge on any atom is 0.306 e. The Hall–Kier alpha value is -1.95. The standard InChI is InChI=1S/C14H17ClN4O2/c1-9(2)21-13(20)7-6-12-17-14(19(3)18-12)11-5-4-10(15)8-16-11/h4-5,8-9H,6-7H2,1-3H3. The van der Waals surface area contributed by atoms with Crippen molar-refractivity contribution in [1.82, 2.24) is 19.7 Å². The Morgan fingerprint density at radius 3 is 2.81 bits per heavy atom. The predicted molar refractivity (Wildman–Crippen MR) is 78.8 cm³/mol. The van der Waals surface area contributed by atoms with E-state index >= 15 is 0 Å². The van der Waals surface area contributed by atoms with Gasteiger partial charge in [0.05, 0.1) is 17.5 Å². The third kappa shape index (κ3) is 4.26. The molecule has 0 bridgehead atoms. The zero-order chi connectivity index (χ0) is 15.4. The maximum absolute atomic E-state index is 11.5. The van der Waals surface area contributed by atoms with Crippen molar-refractivity contribution in [3.8, 4) is 11.5 Å². The van der Waals surface area contributed by atoms with Gasteiger partial charge in [0.15, 0.2) is 11.6 Å². The van der Waals surface area contributed by atoms with Crippen LogP contribution in [-0.2, 0) is 23.0 Å². The number of halogens is 1. The van der Waals surface area contributed by atoms with Crippen LogP contribution in [0.5, 0.6) is 0 Å². The fourth-order valence-electron chi connectivity index (χ4n) is 1.81. The molecule has 0 aromatic carbocycles. The summed E-state index contributed by atoms with van der Waals surface area (Å²) in [6, 6.07) is 3.53. The molecule has 0 spiro atoms. The maximum atomic E-state index is 11.5. The molecule has 0 aliphatic rings. The van der Waals surface area contributed by atoms with Gasteiger partial charge in [0.1, 0.15) is 5.69 Å². The van der Waals surface area contributed by atoms with Crippen LogP contribution >= 0.6 is 11.6 Å². The summed E-state index contributed by atoms with van der Waals surface area (Å²) in [5, 5.41) is 4.85. The molecule has 7 heteroatoms. The number of pyridine rings is 1. The lowest BCUT2D eigenvalue weighted by Gasteiger charge is -2.06. The van der Waals surface area contributed by atoms with Gasteiger partial charge in [-0.1, -0.05) is 11.6 Å². The van der Waals surface area contributed by atoms with Gasteiger partial charge in [-0.3, -0.25) is 9.78 Å². The van der Waals surface area contributed by atoms with Gasteiger partial charge in [-0.2, -0.15) is 5.10 Å². The topological polar surface area (TPSA) is 69.9 Å². The third-order valence-corrected chi connectivity index (χ3v) is 2.91. The Balaban J connectivity index is 2.05. The molecule has 2 heterocycles. The molecule has 0 saturated carbocycles. The van der Waals surface area contributed by atoms with Crippen LogP contribution in [0.4, 0.5) is 0 Å². The number of esters is 1. The van der Waals surface area contributed by atoms with E-state index in [4.69, 9.17) is 16.3 Å². The lowest BCUT2D eigenvalue weighted by molar-refractivity contribution is -0.147. The minimum absolute atomic E-state index is 0.108. The highest BCUT2D eigenvalue weighted by Crippen LogP contribution is 2.16. The highest BCUT2D eigenvalue weighted by Gasteiger charge is 2.13. The summed E-state index contributed by atoms with van der Waals surface area (Å²) in [6.07, 6.45) is 2.15. The number of hydrogen-bond donors (Lipinski definition) is 0. The Morgan fingerprint density at radius 2 is 2.19 bits per heavy atom. The summed E-state index contributed by atoms with van der Waals surface area (Å²) in [7, 11) is 1.79. The summed E-state index contributed by atoms with van der Waals surface area (Å²) < 4.78 is 6.72. The minimum Gasteiger partial charge on any atom is -0.463 e. The number of ether oxygens (including phenoxy) is 1. The zero-order valence-corrected chi connectivity index (χ0v) is 13.0. The molecule has 0 radical (unpaired) electrons.